The third kappa shape index (κ3) is 5.01. The molecule has 0 aliphatic heterocycles. The molecule has 0 atom stereocenters. The smallest absolute Gasteiger partial charge is 0.262 e. The van der Waals surface area contributed by atoms with E-state index in [0.717, 1.165) is 5.56 Å². The van der Waals surface area contributed by atoms with Crippen molar-refractivity contribution in [1.29, 1.82) is 0 Å². The van der Waals surface area contributed by atoms with Crippen LogP contribution >= 0.6 is 34.8 Å². The Hall–Kier alpha value is -2.28. The molecular formula is C20H18Cl3N3O3. The molecule has 0 radical (unpaired) electrons. The van der Waals surface area contributed by atoms with Gasteiger partial charge in [-0.15, -0.1) is 0 Å². The molecule has 0 fully saturated rings. The first-order valence-corrected chi connectivity index (χ1v) is 9.90. The summed E-state index contributed by atoms with van der Waals surface area (Å²) >= 11 is 17.9. The van der Waals surface area contributed by atoms with Gasteiger partial charge in [-0.1, -0.05) is 65.9 Å². The van der Waals surface area contributed by atoms with Gasteiger partial charge in [-0.2, -0.15) is 4.98 Å². The van der Waals surface area contributed by atoms with Crippen LogP contribution in [0.2, 0.25) is 15.1 Å². The Kier molecular flexibility index (Phi) is 6.67. The van der Waals surface area contributed by atoms with Gasteiger partial charge in [-0.3, -0.25) is 4.79 Å². The highest BCUT2D eigenvalue weighted by atomic mass is 35.5. The highest BCUT2D eigenvalue weighted by Gasteiger charge is 2.18. The first-order valence-electron chi connectivity index (χ1n) is 8.77. The second kappa shape index (κ2) is 9.03. The fourth-order valence-corrected chi connectivity index (χ4v) is 3.12. The minimum atomic E-state index is -0.383. The van der Waals surface area contributed by atoms with Crippen LogP contribution < -0.4 is 10.1 Å². The summed E-state index contributed by atoms with van der Waals surface area (Å²) in [5.74, 6) is 0.934. The van der Waals surface area contributed by atoms with Gasteiger partial charge in [-0.25, -0.2) is 0 Å². The Morgan fingerprint density at radius 3 is 2.59 bits per heavy atom. The van der Waals surface area contributed by atoms with Gasteiger partial charge in [-0.05, 0) is 24.6 Å². The van der Waals surface area contributed by atoms with Gasteiger partial charge in [0.15, 0.2) is 12.4 Å². The van der Waals surface area contributed by atoms with Crippen molar-refractivity contribution in [3.05, 3.63) is 56.8 Å². The van der Waals surface area contributed by atoms with E-state index < -0.39 is 0 Å². The standard InChI is InChI=1S/C20H18Cl3N3O3/c1-10(2)19-25-20(29-26-19)12-6-4-5-11(3)18(12)24-17(27)9-28-16-8-14(22)13(21)7-15(16)23/h4-8,10H,9H2,1-3H3,(H,24,27). The maximum atomic E-state index is 12.5. The molecule has 0 unspecified atom stereocenters. The molecule has 1 N–H and O–H groups in total. The quantitative estimate of drug-likeness (QED) is 0.452. The van der Waals surface area contributed by atoms with Crippen molar-refractivity contribution in [3.8, 4) is 17.2 Å². The first kappa shape index (κ1) is 21.4. The number of ether oxygens (including phenoxy) is 1. The summed E-state index contributed by atoms with van der Waals surface area (Å²) < 4.78 is 10.9. The number of rotatable bonds is 6. The zero-order valence-electron chi connectivity index (χ0n) is 15.9. The molecule has 3 rings (SSSR count). The molecule has 0 saturated carbocycles. The van der Waals surface area contributed by atoms with Crippen LogP contribution in [0.25, 0.3) is 11.5 Å². The van der Waals surface area contributed by atoms with Crippen LogP contribution in [0.3, 0.4) is 0 Å². The SMILES string of the molecule is Cc1cccc(-c2nc(C(C)C)no2)c1NC(=O)COc1cc(Cl)c(Cl)cc1Cl. The van der Waals surface area contributed by atoms with Gasteiger partial charge >= 0.3 is 0 Å². The number of carbonyl (C=O) groups excluding carboxylic acids is 1. The molecule has 29 heavy (non-hydrogen) atoms. The van der Waals surface area contributed by atoms with Crippen molar-refractivity contribution in [2.24, 2.45) is 0 Å². The van der Waals surface area contributed by atoms with Crippen molar-refractivity contribution in [2.45, 2.75) is 26.7 Å². The molecule has 1 heterocycles. The average molecular weight is 455 g/mol. The molecule has 0 aliphatic rings. The number of carbonyl (C=O) groups is 1. The minimum Gasteiger partial charge on any atom is -0.482 e. The van der Waals surface area contributed by atoms with Crippen molar-refractivity contribution in [2.75, 3.05) is 11.9 Å². The number of nitrogens with one attached hydrogen (secondary N) is 1. The van der Waals surface area contributed by atoms with Crippen molar-refractivity contribution in [1.82, 2.24) is 10.1 Å². The summed E-state index contributed by atoms with van der Waals surface area (Å²) in [5, 5.41) is 7.67. The van der Waals surface area contributed by atoms with Crippen LogP contribution in [-0.4, -0.2) is 22.7 Å². The zero-order valence-corrected chi connectivity index (χ0v) is 18.2. The van der Waals surface area contributed by atoms with Gasteiger partial charge < -0.3 is 14.6 Å². The van der Waals surface area contributed by atoms with E-state index in [-0.39, 0.29) is 34.2 Å². The Bertz CT molecular complexity index is 1050. The lowest BCUT2D eigenvalue weighted by atomic mass is 10.1. The molecule has 3 aromatic rings. The van der Waals surface area contributed by atoms with Gasteiger partial charge in [0.25, 0.3) is 11.8 Å². The summed E-state index contributed by atoms with van der Waals surface area (Å²) in [5.41, 5.74) is 2.04. The second-order valence-corrected chi connectivity index (χ2v) is 7.87. The number of anilines is 1. The van der Waals surface area contributed by atoms with E-state index in [1.165, 1.54) is 12.1 Å². The van der Waals surface area contributed by atoms with E-state index in [9.17, 15) is 4.79 Å². The Labute approximate surface area is 183 Å². The number of nitrogens with zero attached hydrogens (tertiary/aromatic N) is 2. The minimum absolute atomic E-state index is 0.125. The third-order valence-corrected chi connectivity index (χ3v) is 5.08. The van der Waals surface area contributed by atoms with Gasteiger partial charge in [0.2, 0.25) is 0 Å². The molecule has 1 amide bonds. The summed E-state index contributed by atoms with van der Waals surface area (Å²) in [7, 11) is 0. The lowest BCUT2D eigenvalue weighted by Gasteiger charge is -2.13. The topological polar surface area (TPSA) is 77.3 Å². The molecule has 0 aliphatic carbocycles. The van der Waals surface area contributed by atoms with E-state index in [2.05, 4.69) is 15.5 Å². The highest BCUT2D eigenvalue weighted by molar-refractivity contribution is 6.43. The van der Waals surface area contributed by atoms with Crippen LogP contribution in [0.4, 0.5) is 5.69 Å². The molecule has 2 aromatic carbocycles. The summed E-state index contributed by atoms with van der Waals surface area (Å²) in [6.45, 7) is 5.54. The average Bonchev–Trinajstić information content (AvgIpc) is 3.15. The van der Waals surface area contributed by atoms with Crippen LogP contribution in [0.5, 0.6) is 5.75 Å². The number of aromatic nitrogens is 2. The van der Waals surface area contributed by atoms with Gasteiger partial charge in [0.1, 0.15) is 5.75 Å². The molecule has 1 aromatic heterocycles. The summed E-state index contributed by atoms with van der Waals surface area (Å²) in [6.07, 6.45) is 0. The predicted molar refractivity (Wildman–Crippen MR) is 114 cm³/mol. The Balaban J connectivity index is 1.77. The number of amides is 1. The zero-order chi connectivity index (χ0) is 21.1. The number of hydrogen-bond acceptors (Lipinski definition) is 5. The summed E-state index contributed by atoms with van der Waals surface area (Å²) in [6, 6.07) is 8.45. The number of para-hydroxylation sites is 1. The predicted octanol–water partition coefficient (Wildman–Crippen LogP) is 6.15. The fourth-order valence-electron chi connectivity index (χ4n) is 2.52. The molecule has 6 nitrogen and oxygen atoms in total. The van der Waals surface area contributed by atoms with Crippen LogP contribution in [0.15, 0.2) is 34.9 Å². The van der Waals surface area contributed by atoms with E-state index in [4.69, 9.17) is 44.1 Å². The molecule has 0 bridgehead atoms. The second-order valence-electron chi connectivity index (χ2n) is 6.64. The molecule has 152 valence electrons. The van der Waals surface area contributed by atoms with Crippen molar-refractivity contribution in [3.63, 3.8) is 0 Å². The highest BCUT2D eigenvalue weighted by Crippen LogP contribution is 2.34. The Morgan fingerprint density at radius 1 is 1.17 bits per heavy atom. The van der Waals surface area contributed by atoms with E-state index >= 15 is 0 Å². The number of aryl methyl sites for hydroxylation is 1. The van der Waals surface area contributed by atoms with E-state index in [1.807, 2.05) is 32.9 Å². The maximum Gasteiger partial charge on any atom is 0.262 e. The van der Waals surface area contributed by atoms with Gasteiger partial charge in [0.05, 0.1) is 26.3 Å². The fraction of sp³-hybridized carbons (Fsp3) is 0.250. The molecule has 0 saturated heterocycles. The largest absolute Gasteiger partial charge is 0.482 e. The lowest BCUT2D eigenvalue weighted by Crippen LogP contribution is -2.21. The van der Waals surface area contributed by atoms with E-state index in [1.54, 1.807) is 6.07 Å². The van der Waals surface area contributed by atoms with Crippen LogP contribution in [0.1, 0.15) is 31.2 Å². The Morgan fingerprint density at radius 2 is 1.90 bits per heavy atom. The van der Waals surface area contributed by atoms with E-state index in [0.29, 0.717) is 28.0 Å². The third-order valence-electron chi connectivity index (χ3n) is 4.06. The van der Waals surface area contributed by atoms with Gasteiger partial charge in [0, 0.05) is 12.0 Å². The normalized spacial score (nSPS) is 11.0. The lowest BCUT2D eigenvalue weighted by molar-refractivity contribution is -0.118. The molecule has 0 spiro atoms. The monoisotopic (exact) mass is 453 g/mol. The molecular weight excluding hydrogens is 437 g/mol. The number of hydrogen-bond donors (Lipinski definition) is 1. The van der Waals surface area contributed by atoms with Crippen LogP contribution in [0, 0.1) is 6.92 Å². The van der Waals surface area contributed by atoms with Crippen molar-refractivity contribution < 1.29 is 14.1 Å². The van der Waals surface area contributed by atoms with Crippen molar-refractivity contribution >= 4 is 46.4 Å². The first-order chi connectivity index (χ1) is 13.8. The number of halogens is 3. The molecule has 9 heteroatoms. The maximum absolute atomic E-state index is 12.5. The van der Waals surface area contributed by atoms with Crippen LogP contribution in [-0.2, 0) is 4.79 Å². The summed E-state index contributed by atoms with van der Waals surface area (Å²) in [4.78, 5) is 16.9. The number of benzene rings is 2.